The Morgan fingerprint density at radius 2 is 1.89 bits per heavy atom. The Morgan fingerprint density at radius 3 is 2.57 bits per heavy atom. The Bertz CT molecular complexity index is 1160. The molecule has 10 heteroatoms. The van der Waals surface area contributed by atoms with Crippen molar-refractivity contribution in [2.75, 3.05) is 51.2 Å². The molecule has 0 spiro atoms. The summed E-state index contributed by atoms with van der Waals surface area (Å²) in [5, 5.41) is 13.7. The smallest absolute Gasteiger partial charge is 0.320 e. The zero-order valence-corrected chi connectivity index (χ0v) is 20.2. The summed E-state index contributed by atoms with van der Waals surface area (Å²) in [4.78, 5) is 20.4. The monoisotopic (exact) mass is 503 g/mol. The van der Waals surface area contributed by atoms with Gasteiger partial charge in [-0.3, -0.25) is 0 Å². The molecule has 3 heterocycles. The van der Waals surface area contributed by atoms with Crippen LogP contribution in [0.2, 0.25) is 0 Å². The average molecular weight is 504 g/mol. The summed E-state index contributed by atoms with van der Waals surface area (Å²) in [6.07, 6.45) is 2.45. The lowest BCUT2D eigenvalue weighted by atomic mass is 9.75. The van der Waals surface area contributed by atoms with E-state index < -0.39 is 22.9 Å². The Hall–Kier alpha value is -2.91. The number of hydrogen-bond acceptors (Lipinski definition) is 5. The van der Waals surface area contributed by atoms with E-state index in [-0.39, 0.29) is 24.3 Å². The number of rotatable bonds is 4. The van der Waals surface area contributed by atoms with Gasteiger partial charge in [-0.05, 0) is 41.8 Å². The van der Waals surface area contributed by atoms with Gasteiger partial charge in [0.2, 0.25) is 0 Å². The molecule has 2 atom stereocenters. The van der Waals surface area contributed by atoms with Gasteiger partial charge in [0.1, 0.15) is 22.5 Å². The van der Waals surface area contributed by atoms with Gasteiger partial charge in [-0.1, -0.05) is 18.2 Å². The molecule has 2 saturated heterocycles. The number of urea groups is 1. The van der Waals surface area contributed by atoms with E-state index in [4.69, 9.17) is 11.6 Å². The van der Waals surface area contributed by atoms with Gasteiger partial charge >= 0.3 is 6.03 Å². The normalized spacial score (nSPS) is 26.7. The van der Waals surface area contributed by atoms with Crippen molar-refractivity contribution in [3.8, 4) is 5.75 Å². The Labute approximate surface area is 208 Å². The largest absolute Gasteiger partial charge is 0.507 e. The highest BCUT2D eigenvalue weighted by Gasteiger charge is 2.60. The molecular formula is C25H28ClF2N5O2. The first-order valence-corrected chi connectivity index (χ1v) is 12.1. The number of aromatic nitrogens is 1. The van der Waals surface area contributed by atoms with Crippen molar-refractivity contribution in [2.24, 2.45) is 0 Å². The minimum Gasteiger partial charge on any atom is -0.507 e. The quantitative estimate of drug-likeness (QED) is 0.625. The number of aromatic hydroxyl groups is 1. The molecule has 2 unspecified atom stereocenters. The second-order valence-electron chi connectivity index (χ2n) is 9.34. The molecule has 0 radical (unpaired) electrons. The van der Waals surface area contributed by atoms with Gasteiger partial charge in [-0.15, -0.1) is 11.6 Å². The maximum Gasteiger partial charge on any atom is 0.320 e. The molecule has 7 nitrogen and oxygen atoms in total. The van der Waals surface area contributed by atoms with Crippen molar-refractivity contribution in [1.29, 1.82) is 0 Å². The number of pyridine rings is 1. The fourth-order valence-electron chi connectivity index (χ4n) is 5.33. The number of alkyl halides is 3. The molecule has 0 saturated carbocycles. The second-order valence-corrected chi connectivity index (χ2v) is 10.0. The number of piperazine rings is 1. The van der Waals surface area contributed by atoms with E-state index in [1.54, 1.807) is 43.6 Å². The first kappa shape index (κ1) is 23.8. The fraction of sp³-hybridized carbons (Fsp3) is 0.440. The minimum absolute atomic E-state index is 0.00485. The Morgan fingerprint density at radius 1 is 1.14 bits per heavy atom. The van der Waals surface area contributed by atoms with E-state index in [2.05, 4.69) is 15.2 Å². The van der Waals surface area contributed by atoms with E-state index >= 15 is 8.78 Å². The topological polar surface area (TPSA) is 71.9 Å². The van der Waals surface area contributed by atoms with Crippen LogP contribution in [0.4, 0.5) is 19.4 Å². The highest BCUT2D eigenvalue weighted by Crippen LogP contribution is 2.54. The van der Waals surface area contributed by atoms with Gasteiger partial charge in [0.05, 0.1) is 0 Å². The van der Waals surface area contributed by atoms with E-state index in [1.807, 2.05) is 0 Å². The molecule has 0 bridgehead atoms. The molecule has 2 aromatic rings. The van der Waals surface area contributed by atoms with Gasteiger partial charge in [0, 0.05) is 58.1 Å². The summed E-state index contributed by atoms with van der Waals surface area (Å²) in [6, 6.07) is 7.71. The predicted octanol–water partition coefficient (Wildman–Crippen LogP) is 3.49. The number of carbonyl (C=O) groups excluding carboxylic acids is 1. The standard InChI is InChI=1S/C25H28ClF2N5O2/c1-31-12-13-33(23(31)35)22-24(26,18-6-7-30-21(14-18)32-10-8-29-9-11-32)15-17(16-25(22,27)28)19-4-2-3-5-20(19)34/h2-7,14,16,22,29,34H,8-13,15H2,1H3. The number of phenols is 1. The lowest BCUT2D eigenvalue weighted by molar-refractivity contribution is -0.0458. The first-order valence-electron chi connectivity index (χ1n) is 11.7. The maximum absolute atomic E-state index is 16.0. The van der Waals surface area contributed by atoms with Gasteiger partial charge in [0.25, 0.3) is 5.92 Å². The second kappa shape index (κ2) is 8.95. The molecule has 1 aliphatic carbocycles. The van der Waals surface area contributed by atoms with Crippen LogP contribution in [0.1, 0.15) is 17.5 Å². The number of nitrogens with one attached hydrogen (secondary N) is 1. The number of carbonyl (C=O) groups is 1. The van der Waals surface area contributed by atoms with Crippen LogP contribution in [0, 0.1) is 0 Å². The summed E-state index contributed by atoms with van der Waals surface area (Å²) in [5.41, 5.74) is 1.01. The van der Waals surface area contributed by atoms with Gasteiger partial charge in [0.15, 0.2) is 0 Å². The van der Waals surface area contributed by atoms with Crippen LogP contribution in [0.3, 0.4) is 0 Å². The summed E-state index contributed by atoms with van der Waals surface area (Å²) in [5.74, 6) is -2.88. The van der Waals surface area contributed by atoms with Crippen LogP contribution in [0.5, 0.6) is 5.75 Å². The number of nitrogens with zero attached hydrogens (tertiary/aromatic N) is 4. The number of likely N-dealkylation sites (N-methyl/N-ethyl adjacent to an activating group) is 1. The SMILES string of the molecule is CN1CCN(C2C(F)(F)C=C(c3ccccc3O)CC2(Cl)c2ccnc(N3CCNCC3)c2)C1=O. The number of hydrogen-bond donors (Lipinski definition) is 2. The summed E-state index contributed by atoms with van der Waals surface area (Å²) < 4.78 is 32.1. The van der Waals surface area contributed by atoms with Gasteiger partial charge in [-0.25, -0.2) is 9.78 Å². The number of amides is 2. The fourth-order valence-corrected chi connectivity index (χ4v) is 5.85. The summed E-state index contributed by atoms with van der Waals surface area (Å²) in [6.45, 7) is 3.57. The summed E-state index contributed by atoms with van der Waals surface area (Å²) >= 11 is 7.28. The van der Waals surface area contributed by atoms with Crippen molar-refractivity contribution in [1.82, 2.24) is 20.1 Å². The molecular weight excluding hydrogens is 476 g/mol. The number of halogens is 3. The van der Waals surface area contributed by atoms with Crippen LogP contribution in [0.15, 0.2) is 48.7 Å². The molecule has 3 aliphatic rings. The number of para-hydroxylation sites is 1. The highest BCUT2D eigenvalue weighted by molar-refractivity contribution is 6.25. The molecule has 5 rings (SSSR count). The van der Waals surface area contributed by atoms with E-state index in [0.29, 0.717) is 23.5 Å². The number of allylic oxidation sites excluding steroid dienone is 1. The summed E-state index contributed by atoms with van der Waals surface area (Å²) in [7, 11) is 1.59. The maximum atomic E-state index is 16.0. The average Bonchev–Trinajstić information content (AvgIpc) is 3.16. The minimum atomic E-state index is -3.45. The van der Waals surface area contributed by atoms with Crippen LogP contribution < -0.4 is 10.2 Å². The highest BCUT2D eigenvalue weighted by atomic mass is 35.5. The van der Waals surface area contributed by atoms with Crippen LogP contribution in [-0.2, 0) is 4.87 Å². The van der Waals surface area contributed by atoms with Crippen LogP contribution >= 0.6 is 11.6 Å². The first-order chi connectivity index (χ1) is 16.7. The van der Waals surface area contributed by atoms with Crippen molar-refractivity contribution in [3.63, 3.8) is 0 Å². The molecule has 2 N–H and O–H groups in total. The van der Waals surface area contributed by atoms with Crippen molar-refractivity contribution < 1.29 is 18.7 Å². The van der Waals surface area contributed by atoms with E-state index in [1.165, 1.54) is 15.9 Å². The molecule has 1 aromatic heterocycles. The van der Waals surface area contributed by atoms with Crippen molar-refractivity contribution >= 4 is 29.0 Å². The molecule has 2 aliphatic heterocycles. The van der Waals surface area contributed by atoms with Gasteiger partial charge < -0.3 is 25.1 Å². The number of benzene rings is 1. The Balaban J connectivity index is 1.64. The zero-order valence-electron chi connectivity index (χ0n) is 19.4. The van der Waals surface area contributed by atoms with E-state index in [9.17, 15) is 9.90 Å². The zero-order chi connectivity index (χ0) is 24.8. The lowest BCUT2D eigenvalue weighted by Gasteiger charge is -2.47. The molecule has 2 fully saturated rings. The number of phenolic OH excluding ortho intramolecular Hbond substituents is 1. The third kappa shape index (κ3) is 4.21. The molecule has 2 amide bonds. The van der Waals surface area contributed by atoms with Crippen molar-refractivity contribution in [2.45, 2.75) is 23.3 Å². The number of anilines is 1. The molecule has 186 valence electrons. The third-order valence-corrected chi connectivity index (χ3v) is 7.65. The van der Waals surface area contributed by atoms with E-state index in [0.717, 1.165) is 32.3 Å². The lowest BCUT2D eigenvalue weighted by Crippen LogP contribution is -2.60. The molecule has 1 aromatic carbocycles. The van der Waals surface area contributed by atoms with Crippen LogP contribution in [-0.4, -0.2) is 84.2 Å². The van der Waals surface area contributed by atoms with Crippen LogP contribution in [0.25, 0.3) is 5.57 Å². The third-order valence-electron chi connectivity index (χ3n) is 7.09. The van der Waals surface area contributed by atoms with Gasteiger partial charge in [-0.2, -0.15) is 8.78 Å². The molecule has 35 heavy (non-hydrogen) atoms. The van der Waals surface area contributed by atoms with Crippen molar-refractivity contribution in [3.05, 3.63) is 59.8 Å². The Kier molecular flexibility index (Phi) is 6.09. The predicted molar refractivity (Wildman–Crippen MR) is 131 cm³/mol.